The van der Waals surface area contributed by atoms with Crippen molar-refractivity contribution in [3.63, 3.8) is 0 Å². The molecule has 6 nitrogen and oxygen atoms in total. The predicted octanol–water partition coefficient (Wildman–Crippen LogP) is 5.65. The number of likely N-dealkylation sites (N-methyl/N-ethyl adjacent to an activating group) is 1. The fraction of sp³-hybridized carbons (Fsp3) is 0.429. The van der Waals surface area contributed by atoms with Crippen LogP contribution in [-0.4, -0.2) is 61.8 Å². The van der Waals surface area contributed by atoms with Gasteiger partial charge in [0.15, 0.2) is 9.84 Å². The molecule has 210 valence electrons. The third-order valence-electron chi connectivity index (χ3n) is 7.13. The van der Waals surface area contributed by atoms with Gasteiger partial charge in [0.2, 0.25) is 0 Å². The largest absolute Gasteiger partial charge is 0.416 e. The summed E-state index contributed by atoms with van der Waals surface area (Å²) >= 11 is 6.35. The molecule has 0 saturated carbocycles. The van der Waals surface area contributed by atoms with Gasteiger partial charge in [-0.3, -0.25) is 0 Å². The van der Waals surface area contributed by atoms with Crippen LogP contribution in [0.4, 0.5) is 18.9 Å². The number of aromatic nitrogens is 2. The molecule has 1 atom stereocenters. The Balaban J connectivity index is 1.63. The summed E-state index contributed by atoms with van der Waals surface area (Å²) in [5, 5.41) is -0.403. The Morgan fingerprint density at radius 3 is 2.46 bits per heavy atom. The Morgan fingerprint density at radius 2 is 1.82 bits per heavy atom. The zero-order chi connectivity index (χ0) is 28.5. The molecule has 4 rings (SSSR count). The molecule has 39 heavy (non-hydrogen) atoms. The van der Waals surface area contributed by atoms with Gasteiger partial charge in [0, 0.05) is 43.9 Å². The maximum Gasteiger partial charge on any atom is 0.416 e. The molecule has 2 heterocycles. The Morgan fingerprint density at radius 1 is 1.10 bits per heavy atom. The second-order valence-electron chi connectivity index (χ2n) is 10.3. The Hall–Kier alpha value is -2.69. The molecule has 3 aromatic rings. The molecule has 0 N–H and O–H groups in total. The van der Waals surface area contributed by atoms with Crippen molar-refractivity contribution in [2.45, 2.75) is 55.5 Å². The van der Waals surface area contributed by atoms with Gasteiger partial charge in [0.25, 0.3) is 0 Å². The minimum Gasteiger partial charge on any atom is -0.370 e. The third-order valence-corrected chi connectivity index (χ3v) is 9.70. The summed E-state index contributed by atoms with van der Waals surface area (Å²) in [5.41, 5.74) is 0.744. The number of halogens is 4. The van der Waals surface area contributed by atoms with Gasteiger partial charge in [0.1, 0.15) is 5.82 Å². The first-order valence-corrected chi connectivity index (χ1v) is 14.6. The smallest absolute Gasteiger partial charge is 0.370 e. The summed E-state index contributed by atoms with van der Waals surface area (Å²) in [5.74, 6) is 0.172. The van der Waals surface area contributed by atoms with Crippen molar-refractivity contribution in [3.05, 3.63) is 81.9 Å². The van der Waals surface area contributed by atoms with E-state index in [2.05, 4.69) is 14.9 Å². The maximum absolute atomic E-state index is 14.1. The second-order valence-corrected chi connectivity index (χ2v) is 13.2. The molecule has 0 aliphatic carbocycles. The normalized spacial score (nSPS) is 16.5. The van der Waals surface area contributed by atoms with Crippen molar-refractivity contribution in [2.75, 3.05) is 32.1 Å². The number of anilines is 1. The van der Waals surface area contributed by atoms with Gasteiger partial charge in [-0.25, -0.2) is 18.4 Å². The lowest BCUT2D eigenvalue weighted by molar-refractivity contribution is -0.138. The zero-order valence-corrected chi connectivity index (χ0v) is 23.9. The molecule has 11 heteroatoms. The van der Waals surface area contributed by atoms with Gasteiger partial charge in [-0.2, -0.15) is 13.2 Å². The zero-order valence-electron chi connectivity index (χ0n) is 22.3. The van der Waals surface area contributed by atoms with Gasteiger partial charge in [0.05, 0.1) is 26.4 Å². The lowest BCUT2D eigenvalue weighted by Crippen LogP contribution is -2.31. The number of benzene rings is 2. The van der Waals surface area contributed by atoms with Crippen LogP contribution in [0.15, 0.2) is 53.6 Å². The number of hydrogen-bond acceptors (Lipinski definition) is 6. The molecule has 1 aliphatic rings. The van der Waals surface area contributed by atoms with Crippen LogP contribution in [0.2, 0.25) is 5.02 Å². The van der Waals surface area contributed by atoms with Crippen LogP contribution >= 0.6 is 11.6 Å². The van der Waals surface area contributed by atoms with Crippen LogP contribution in [0.25, 0.3) is 0 Å². The first-order chi connectivity index (χ1) is 18.3. The minimum absolute atomic E-state index is 0.0608. The van der Waals surface area contributed by atoms with Crippen LogP contribution in [0.3, 0.4) is 0 Å². The van der Waals surface area contributed by atoms with Gasteiger partial charge in [-0.1, -0.05) is 35.9 Å². The molecule has 0 bridgehead atoms. The van der Waals surface area contributed by atoms with E-state index in [1.165, 1.54) is 18.3 Å². The molecule has 1 aliphatic heterocycles. The summed E-state index contributed by atoms with van der Waals surface area (Å²) in [6, 6.07) is 11.3. The maximum atomic E-state index is 14.1. The van der Waals surface area contributed by atoms with E-state index in [-0.39, 0.29) is 34.1 Å². The molecule has 1 fully saturated rings. The third kappa shape index (κ3) is 6.56. The van der Waals surface area contributed by atoms with E-state index in [1.54, 1.807) is 44.2 Å². The Bertz CT molecular complexity index is 1440. The van der Waals surface area contributed by atoms with Crippen molar-refractivity contribution in [1.82, 2.24) is 14.9 Å². The number of hydrogen-bond donors (Lipinski definition) is 0. The average molecular weight is 581 g/mol. The lowest BCUT2D eigenvalue weighted by atomic mass is 10.0. The van der Waals surface area contributed by atoms with E-state index in [4.69, 9.17) is 11.6 Å². The number of nitrogens with zero attached hydrogens (tertiary/aromatic N) is 4. The van der Waals surface area contributed by atoms with Crippen LogP contribution < -0.4 is 4.90 Å². The molecule has 1 aromatic heterocycles. The fourth-order valence-corrected chi connectivity index (χ4v) is 6.20. The first kappa shape index (κ1) is 29.3. The second kappa shape index (κ2) is 11.4. The van der Waals surface area contributed by atoms with E-state index in [0.717, 1.165) is 6.42 Å². The van der Waals surface area contributed by atoms with Gasteiger partial charge >= 0.3 is 6.18 Å². The number of sulfone groups is 1. The summed E-state index contributed by atoms with van der Waals surface area (Å²) in [6.45, 7) is 4.57. The Kier molecular flexibility index (Phi) is 8.58. The van der Waals surface area contributed by atoms with E-state index >= 15 is 0 Å². The van der Waals surface area contributed by atoms with Crippen molar-refractivity contribution in [3.8, 4) is 0 Å². The topological polar surface area (TPSA) is 66.4 Å². The number of rotatable bonds is 8. The number of alkyl halides is 3. The molecule has 1 saturated heterocycles. The predicted molar refractivity (Wildman–Crippen MR) is 147 cm³/mol. The average Bonchev–Trinajstić information content (AvgIpc) is 3.37. The van der Waals surface area contributed by atoms with Crippen LogP contribution in [0.5, 0.6) is 0 Å². The van der Waals surface area contributed by atoms with Gasteiger partial charge < -0.3 is 9.80 Å². The molecule has 0 amide bonds. The van der Waals surface area contributed by atoms with E-state index < -0.39 is 26.8 Å². The first-order valence-electron chi connectivity index (χ1n) is 12.7. The molecular formula is C28H32ClF3N4O2S. The monoisotopic (exact) mass is 580 g/mol. The van der Waals surface area contributed by atoms with E-state index in [1.807, 2.05) is 19.0 Å². The highest BCUT2D eigenvalue weighted by Gasteiger charge is 2.35. The summed E-state index contributed by atoms with van der Waals surface area (Å²) < 4.78 is 68.1. The summed E-state index contributed by atoms with van der Waals surface area (Å²) in [7, 11) is 0.387. The highest BCUT2D eigenvalue weighted by molar-refractivity contribution is 7.92. The molecule has 0 spiro atoms. The molecule has 0 radical (unpaired) electrons. The standard InChI is InChI=1S/C28H32ClF3N4O2S/c1-18(2)39(37,38)26-8-6-5-7-20(26)13-25-24(29)16-33-27(34-25)14-19-9-10-21(15-23(19)28(30,31)32)36-12-11-22(17-36)35(3)4/h5-10,15-16,18,22H,11-14,17H2,1-4H3/t22-/m0/s1. The molecule has 2 aromatic carbocycles. The summed E-state index contributed by atoms with van der Waals surface area (Å²) in [6.07, 6.45) is -2.36. The lowest BCUT2D eigenvalue weighted by Gasteiger charge is -2.23. The SMILES string of the molecule is CC(C)S(=O)(=O)c1ccccc1Cc1nc(Cc2ccc(N3CC[C@H](N(C)C)C3)cc2C(F)(F)F)ncc1Cl. The molecular weight excluding hydrogens is 549 g/mol. The van der Waals surface area contributed by atoms with Crippen molar-refractivity contribution in [1.29, 1.82) is 0 Å². The van der Waals surface area contributed by atoms with Gasteiger partial charge in [-0.15, -0.1) is 0 Å². The van der Waals surface area contributed by atoms with Crippen LogP contribution in [0, 0.1) is 0 Å². The van der Waals surface area contributed by atoms with Crippen molar-refractivity contribution < 1.29 is 21.6 Å². The van der Waals surface area contributed by atoms with Crippen LogP contribution in [0.1, 0.15) is 48.5 Å². The minimum atomic E-state index is -4.55. The fourth-order valence-electron chi connectivity index (χ4n) is 4.76. The quantitative estimate of drug-likeness (QED) is 0.343. The van der Waals surface area contributed by atoms with E-state index in [0.29, 0.717) is 36.1 Å². The van der Waals surface area contributed by atoms with Gasteiger partial charge in [-0.05, 0) is 63.7 Å². The Labute approximate surface area is 232 Å². The summed E-state index contributed by atoms with van der Waals surface area (Å²) in [4.78, 5) is 12.9. The highest BCUT2D eigenvalue weighted by atomic mass is 35.5. The van der Waals surface area contributed by atoms with Crippen molar-refractivity contribution in [2.24, 2.45) is 0 Å². The van der Waals surface area contributed by atoms with E-state index in [9.17, 15) is 21.6 Å². The van der Waals surface area contributed by atoms with Crippen LogP contribution in [-0.2, 0) is 28.9 Å². The highest BCUT2D eigenvalue weighted by Crippen LogP contribution is 2.36. The van der Waals surface area contributed by atoms with Crippen molar-refractivity contribution >= 4 is 27.1 Å². The molecule has 0 unspecified atom stereocenters.